The van der Waals surface area contributed by atoms with Crippen molar-refractivity contribution in [3.05, 3.63) is 0 Å². The Bertz CT molecular complexity index is 777. The molecule has 5 aliphatic carbocycles. The van der Waals surface area contributed by atoms with Gasteiger partial charge < -0.3 is 14.2 Å². The third kappa shape index (κ3) is 3.98. The van der Waals surface area contributed by atoms with Crippen LogP contribution in [0.5, 0.6) is 0 Å². The lowest BCUT2D eigenvalue weighted by Gasteiger charge is -2.61. The molecule has 0 unspecified atom stereocenters. The summed E-state index contributed by atoms with van der Waals surface area (Å²) in [6.07, 6.45) is 20.0. The summed E-state index contributed by atoms with van der Waals surface area (Å²) in [4.78, 5) is 0. The van der Waals surface area contributed by atoms with E-state index in [2.05, 4.69) is 27.7 Å². The van der Waals surface area contributed by atoms with Gasteiger partial charge in [-0.3, -0.25) is 0 Å². The van der Waals surface area contributed by atoms with Crippen molar-refractivity contribution in [3.63, 3.8) is 0 Å². The van der Waals surface area contributed by atoms with Crippen molar-refractivity contribution in [2.75, 3.05) is 20.3 Å². The molecule has 6 fully saturated rings. The molecule has 0 aromatic rings. The van der Waals surface area contributed by atoms with Crippen molar-refractivity contribution < 1.29 is 14.2 Å². The summed E-state index contributed by atoms with van der Waals surface area (Å²) in [6.45, 7) is 12.2. The fourth-order valence-electron chi connectivity index (χ4n) is 11.7. The summed E-state index contributed by atoms with van der Waals surface area (Å²) in [7, 11) is 2.03. The zero-order chi connectivity index (χ0) is 25.1. The standard InChI is InChI=1S/C33H56O3/c1-22(21-36-30-11-6-7-18-35-30)9-8-10-23(2)26-12-13-27-25-19-29(34-5)33-20-24(33)14-17-32(33,4)28(25)15-16-31(26,27)3/h22-30H,6-21H2,1-5H3/t22-,23+,24+,25+,26+,27-,28-,29+,30+,31+,32+,33+/m0/s1. The lowest BCUT2D eigenvalue weighted by atomic mass is 9.45. The Labute approximate surface area is 222 Å². The predicted molar refractivity (Wildman–Crippen MR) is 146 cm³/mol. The molecular weight excluding hydrogens is 444 g/mol. The molecule has 1 heterocycles. The second-order valence-corrected chi connectivity index (χ2v) is 15.1. The molecule has 3 heteroatoms. The van der Waals surface area contributed by atoms with E-state index in [1.54, 1.807) is 0 Å². The van der Waals surface area contributed by atoms with Gasteiger partial charge in [-0.25, -0.2) is 0 Å². The number of ether oxygens (including phenoxy) is 3. The molecule has 12 atom stereocenters. The van der Waals surface area contributed by atoms with Gasteiger partial charge in [0.2, 0.25) is 0 Å². The zero-order valence-electron chi connectivity index (χ0n) is 24.2. The summed E-state index contributed by atoms with van der Waals surface area (Å²) in [5.41, 5.74) is 1.69. The van der Waals surface area contributed by atoms with E-state index in [1.807, 2.05) is 7.11 Å². The predicted octanol–water partition coefficient (Wildman–Crippen LogP) is 8.26. The Morgan fingerprint density at radius 2 is 1.81 bits per heavy atom. The van der Waals surface area contributed by atoms with Crippen LogP contribution in [0.2, 0.25) is 0 Å². The molecule has 0 N–H and O–H groups in total. The number of methoxy groups -OCH3 is 1. The minimum absolute atomic E-state index is 0.0651. The first kappa shape index (κ1) is 26.1. The van der Waals surface area contributed by atoms with Crippen molar-refractivity contribution >= 4 is 0 Å². The number of hydrogen-bond acceptors (Lipinski definition) is 3. The monoisotopic (exact) mass is 500 g/mol. The summed E-state index contributed by atoms with van der Waals surface area (Å²) >= 11 is 0. The molecule has 0 radical (unpaired) electrons. The van der Waals surface area contributed by atoms with Crippen LogP contribution >= 0.6 is 0 Å². The highest BCUT2D eigenvalue weighted by molar-refractivity contribution is 5.26. The van der Waals surface area contributed by atoms with E-state index in [0.717, 1.165) is 55.1 Å². The van der Waals surface area contributed by atoms with Crippen LogP contribution in [0.15, 0.2) is 0 Å². The van der Waals surface area contributed by atoms with Gasteiger partial charge in [-0.15, -0.1) is 0 Å². The highest BCUT2D eigenvalue weighted by Gasteiger charge is 2.77. The molecule has 5 saturated carbocycles. The third-order valence-corrected chi connectivity index (χ3v) is 13.6. The lowest BCUT2D eigenvalue weighted by Crippen LogP contribution is -2.57. The minimum atomic E-state index is 0.0651. The van der Waals surface area contributed by atoms with Crippen LogP contribution in [0.25, 0.3) is 0 Å². The highest BCUT2D eigenvalue weighted by atomic mass is 16.7. The Balaban J connectivity index is 1.04. The van der Waals surface area contributed by atoms with Crippen molar-refractivity contribution in [1.29, 1.82) is 0 Å². The summed E-state index contributed by atoms with van der Waals surface area (Å²) in [5.74, 6) is 6.24. The molecule has 0 bridgehead atoms. The average molecular weight is 501 g/mol. The van der Waals surface area contributed by atoms with Gasteiger partial charge in [-0.2, -0.15) is 0 Å². The Morgan fingerprint density at radius 3 is 2.56 bits per heavy atom. The molecule has 3 nitrogen and oxygen atoms in total. The molecule has 0 aromatic carbocycles. The molecule has 6 rings (SSSR count). The fourth-order valence-corrected chi connectivity index (χ4v) is 11.7. The Kier molecular flexibility index (Phi) is 7.12. The second-order valence-electron chi connectivity index (χ2n) is 15.1. The molecule has 6 aliphatic rings. The van der Waals surface area contributed by atoms with E-state index in [9.17, 15) is 0 Å². The maximum Gasteiger partial charge on any atom is 0.157 e. The SMILES string of the molecule is CO[C@@H]1C[C@@H]2[C@@H]3CC[C@H]([C@H](C)CCC[C@H](C)CO[C@@H]4CCCCO4)[C@@]3(C)CC[C@@H]2[C@@]2(C)CC[C@@H]3C[C@@]312. The first-order chi connectivity index (χ1) is 17.3. The molecule has 206 valence electrons. The van der Waals surface area contributed by atoms with Gasteiger partial charge in [0.15, 0.2) is 6.29 Å². The van der Waals surface area contributed by atoms with Gasteiger partial charge in [0.1, 0.15) is 0 Å². The molecule has 1 saturated heterocycles. The first-order valence-corrected chi connectivity index (χ1v) is 16.1. The second kappa shape index (κ2) is 9.81. The Hall–Kier alpha value is -0.120. The molecule has 1 aliphatic heterocycles. The number of hydrogen-bond donors (Lipinski definition) is 0. The largest absolute Gasteiger partial charge is 0.381 e. The normalized spacial score (nSPS) is 51.1. The molecular formula is C33H56O3. The van der Waals surface area contributed by atoms with Crippen LogP contribution in [0.4, 0.5) is 0 Å². The molecule has 36 heavy (non-hydrogen) atoms. The van der Waals surface area contributed by atoms with Crippen LogP contribution in [-0.4, -0.2) is 32.7 Å². The van der Waals surface area contributed by atoms with E-state index < -0.39 is 0 Å². The van der Waals surface area contributed by atoms with Gasteiger partial charge in [-0.05, 0) is 129 Å². The maximum absolute atomic E-state index is 6.34. The topological polar surface area (TPSA) is 27.7 Å². The van der Waals surface area contributed by atoms with Gasteiger partial charge in [0.25, 0.3) is 0 Å². The number of fused-ring (bicyclic) bond motifs is 4. The van der Waals surface area contributed by atoms with Crippen LogP contribution in [-0.2, 0) is 14.2 Å². The molecule has 1 spiro atoms. The van der Waals surface area contributed by atoms with Crippen LogP contribution < -0.4 is 0 Å². The van der Waals surface area contributed by atoms with Gasteiger partial charge in [-0.1, -0.05) is 40.5 Å². The van der Waals surface area contributed by atoms with Crippen molar-refractivity contribution in [3.8, 4) is 0 Å². The Morgan fingerprint density at radius 1 is 0.944 bits per heavy atom. The smallest absolute Gasteiger partial charge is 0.157 e. The van der Waals surface area contributed by atoms with E-state index in [4.69, 9.17) is 14.2 Å². The lowest BCUT2D eigenvalue weighted by molar-refractivity contribution is -0.168. The zero-order valence-corrected chi connectivity index (χ0v) is 24.2. The maximum atomic E-state index is 6.34. The van der Waals surface area contributed by atoms with E-state index in [-0.39, 0.29) is 6.29 Å². The number of rotatable bonds is 9. The molecule has 0 aromatic heterocycles. The highest BCUT2D eigenvalue weighted by Crippen LogP contribution is 2.82. The van der Waals surface area contributed by atoms with Crippen molar-refractivity contribution in [2.45, 2.75) is 130 Å². The van der Waals surface area contributed by atoms with E-state index in [0.29, 0.717) is 28.3 Å². The first-order valence-electron chi connectivity index (χ1n) is 16.1. The molecule has 0 amide bonds. The quantitative estimate of drug-likeness (QED) is 0.319. The summed E-state index contributed by atoms with van der Waals surface area (Å²) < 4.78 is 18.2. The van der Waals surface area contributed by atoms with E-state index >= 15 is 0 Å². The van der Waals surface area contributed by atoms with Crippen molar-refractivity contribution in [1.82, 2.24) is 0 Å². The van der Waals surface area contributed by atoms with Crippen LogP contribution in [0.3, 0.4) is 0 Å². The van der Waals surface area contributed by atoms with Crippen LogP contribution in [0.1, 0.15) is 118 Å². The third-order valence-electron chi connectivity index (χ3n) is 13.6. The van der Waals surface area contributed by atoms with E-state index in [1.165, 1.54) is 83.5 Å². The fraction of sp³-hybridized carbons (Fsp3) is 1.00. The summed E-state index contributed by atoms with van der Waals surface area (Å²) in [5, 5.41) is 0. The van der Waals surface area contributed by atoms with Gasteiger partial charge in [0, 0.05) is 19.1 Å². The van der Waals surface area contributed by atoms with Crippen LogP contribution in [0, 0.1) is 57.7 Å². The minimum Gasteiger partial charge on any atom is -0.381 e. The van der Waals surface area contributed by atoms with Gasteiger partial charge >= 0.3 is 0 Å². The van der Waals surface area contributed by atoms with Gasteiger partial charge in [0.05, 0.1) is 12.7 Å². The van der Waals surface area contributed by atoms with Crippen molar-refractivity contribution in [2.24, 2.45) is 57.7 Å². The summed E-state index contributed by atoms with van der Waals surface area (Å²) in [6, 6.07) is 0. The average Bonchev–Trinajstić information content (AvgIpc) is 3.39.